The average molecular weight is 191 g/mol. The van der Waals surface area contributed by atoms with Crippen LogP contribution in [0.15, 0.2) is 0 Å². The van der Waals surface area contributed by atoms with Crippen LogP contribution in [0.3, 0.4) is 0 Å². The summed E-state index contributed by atoms with van der Waals surface area (Å²) in [6, 6.07) is -0.920. The zero-order valence-electron chi connectivity index (χ0n) is 6.25. The summed E-state index contributed by atoms with van der Waals surface area (Å²) in [5.74, 6) is -0.109. The molecule has 0 aromatic carbocycles. The summed E-state index contributed by atoms with van der Waals surface area (Å²) >= 11 is 1.31. The smallest absolute Gasteiger partial charge is 0.233 e. The lowest BCUT2D eigenvalue weighted by atomic mass is 9.97. The Balaban J connectivity index is 2.70. The number of nitrogens with zero attached hydrogens (tertiary/aromatic N) is 1. The van der Waals surface area contributed by atoms with Crippen molar-refractivity contribution < 1.29 is 14.8 Å². The lowest BCUT2D eigenvalue weighted by Gasteiger charge is -2.25. The number of carbonyl (C=O) groups is 1. The summed E-state index contributed by atoms with van der Waals surface area (Å²) in [5.41, 5.74) is 0. The molecular formula is C6H9NO4S. The average Bonchev–Trinajstić information content (AvgIpc) is 2.03. The van der Waals surface area contributed by atoms with E-state index >= 15 is 0 Å². The van der Waals surface area contributed by atoms with Gasteiger partial charge in [0.1, 0.15) is 12.2 Å². The van der Waals surface area contributed by atoms with E-state index in [-0.39, 0.29) is 0 Å². The molecule has 1 N–H and O–H groups in total. The lowest BCUT2D eigenvalue weighted by molar-refractivity contribution is -0.525. The van der Waals surface area contributed by atoms with Crippen LogP contribution in [0.25, 0.3) is 0 Å². The Bertz CT molecular complexity index is 198. The van der Waals surface area contributed by atoms with E-state index in [9.17, 15) is 20.0 Å². The molecule has 1 aliphatic heterocycles. The first kappa shape index (κ1) is 9.47. The van der Waals surface area contributed by atoms with Crippen LogP contribution in [-0.4, -0.2) is 40.0 Å². The van der Waals surface area contributed by atoms with Crippen molar-refractivity contribution in [3.8, 4) is 0 Å². The van der Waals surface area contributed by atoms with Crippen molar-refractivity contribution in [2.45, 2.75) is 12.1 Å². The fourth-order valence-electron chi connectivity index (χ4n) is 1.17. The van der Waals surface area contributed by atoms with E-state index in [4.69, 9.17) is 0 Å². The highest BCUT2D eigenvalue weighted by molar-refractivity contribution is 7.99. The van der Waals surface area contributed by atoms with E-state index in [1.165, 1.54) is 11.8 Å². The monoisotopic (exact) mass is 191 g/mol. The first-order chi connectivity index (χ1) is 5.66. The highest BCUT2D eigenvalue weighted by atomic mass is 32.2. The third-order valence-electron chi connectivity index (χ3n) is 1.89. The molecule has 1 fully saturated rings. The zero-order valence-corrected chi connectivity index (χ0v) is 7.07. The largest absolute Gasteiger partial charge is 0.391 e. The second-order valence-corrected chi connectivity index (χ2v) is 3.75. The van der Waals surface area contributed by atoms with Gasteiger partial charge in [-0.2, -0.15) is 11.8 Å². The van der Waals surface area contributed by atoms with Crippen molar-refractivity contribution in [1.29, 1.82) is 0 Å². The molecule has 0 saturated carbocycles. The van der Waals surface area contributed by atoms with Crippen LogP contribution in [0.2, 0.25) is 0 Å². The van der Waals surface area contributed by atoms with Crippen molar-refractivity contribution in [1.82, 2.24) is 0 Å². The quantitative estimate of drug-likeness (QED) is 0.363. The SMILES string of the molecule is O=CC1C(O)CSCC1[N+](=O)[O-]. The van der Waals surface area contributed by atoms with Gasteiger partial charge >= 0.3 is 0 Å². The number of nitro groups is 1. The molecule has 0 aliphatic carbocycles. The second kappa shape index (κ2) is 3.86. The number of aliphatic hydroxyl groups is 1. The summed E-state index contributed by atoms with van der Waals surface area (Å²) in [4.78, 5) is 20.3. The molecule has 1 aliphatic rings. The maximum Gasteiger partial charge on any atom is 0.233 e. The van der Waals surface area contributed by atoms with Crippen molar-refractivity contribution in [3.63, 3.8) is 0 Å². The molecule has 5 nitrogen and oxygen atoms in total. The van der Waals surface area contributed by atoms with E-state index in [1.54, 1.807) is 0 Å². The van der Waals surface area contributed by atoms with Gasteiger partial charge in [0.15, 0.2) is 0 Å². The van der Waals surface area contributed by atoms with Crippen LogP contribution in [0, 0.1) is 16.0 Å². The van der Waals surface area contributed by atoms with Gasteiger partial charge < -0.3 is 9.90 Å². The fraction of sp³-hybridized carbons (Fsp3) is 0.833. The summed E-state index contributed by atoms with van der Waals surface area (Å²) in [7, 11) is 0. The van der Waals surface area contributed by atoms with Gasteiger partial charge in [0.05, 0.1) is 11.9 Å². The number of thioether (sulfide) groups is 1. The minimum absolute atomic E-state index is 0.313. The predicted octanol–water partition coefficient (Wildman–Crippen LogP) is -0.446. The molecule has 3 unspecified atom stereocenters. The van der Waals surface area contributed by atoms with Crippen LogP contribution < -0.4 is 0 Å². The molecule has 3 atom stereocenters. The lowest BCUT2D eigenvalue weighted by Crippen LogP contribution is -2.44. The van der Waals surface area contributed by atoms with Crippen LogP contribution in [-0.2, 0) is 4.79 Å². The molecule has 12 heavy (non-hydrogen) atoms. The number of aliphatic hydroxyl groups excluding tert-OH is 1. The van der Waals surface area contributed by atoms with Crippen LogP contribution in [0.5, 0.6) is 0 Å². The Kier molecular flexibility index (Phi) is 3.05. The zero-order chi connectivity index (χ0) is 9.14. The van der Waals surface area contributed by atoms with Crippen LogP contribution >= 0.6 is 11.8 Å². The van der Waals surface area contributed by atoms with Crippen LogP contribution in [0.1, 0.15) is 0 Å². The maximum absolute atomic E-state index is 10.4. The van der Waals surface area contributed by atoms with E-state index in [2.05, 4.69) is 0 Å². The van der Waals surface area contributed by atoms with Crippen molar-refractivity contribution in [2.75, 3.05) is 11.5 Å². The van der Waals surface area contributed by atoms with Gasteiger partial charge in [-0.15, -0.1) is 0 Å². The van der Waals surface area contributed by atoms with E-state index in [0.717, 1.165) is 0 Å². The van der Waals surface area contributed by atoms with Gasteiger partial charge in [0.2, 0.25) is 6.04 Å². The van der Waals surface area contributed by atoms with Gasteiger partial charge in [-0.1, -0.05) is 0 Å². The molecule has 1 rings (SSSR count). The summed E-state index contributed by atoms with van der Waals surface area (Å²) in [6.07, 6.45) is -0.380. The molecule has 0 aromatic rings. The first-order valence-electron chi connectivity index (χ1n) is 3.51. The van der Waals surface area contributed by atoms with E-state index in [1.807, 2.05) is 0 Å². The summed E-state index contributed by atoms with van der Waals surface area (Å²) in [5, 5.41) is 19.6. The molecule has 0 bridgehead atoms. The molecule has 68 valence electrons. The highest BCUT2D eigenvalue weighted by Crippen LogP contribution is 2.24. The maximum atomic E-state index is 10.4. The van der Waals surface area contributed by atoms with Gasteiger partial charge in [-0.3, -0.25) is 10.1 Å². The standard InChI is InChI=1S/C6H9NO4S/c8-1-4-5(7(10)11)2-12-3-6(4)9/h1,4-6,9H,2-3H2. The van der Waals surface area contributed by atoms with Gasteiger partial charge in [-0.25, -0.2) is 0 Å². The number of hydrogen-bond donors (Lipinski definition) is 1. The Labute approximate surface area is 73.3 Å². The number of hydrogen-bond acceptors (Lipinski definition) is 5. The topological polar surface area (TPSA) is 80.4 Å². The second-order valence-electron chi connectivity index (χ2n) is 2.67. The minimum atomic E-state index is -0.920. The Morgan fingerprint density at radius 3 is 2.67 bits per heavy atom. The summed E-state index contributed by atoms with van der Waals surface area (Å²) < 4.78 is 0. The molecule has 6 heteroatoms. The Hall–Kier alpha value is -0.620. The van der Waals surface area contributed by atoms with Gasteiger partial charge in [0.25, 0.3) is 0 Å². The fourth-order valence-corrected chi connectivity index (χ4v) is 2.36. The molecule has 0 amide bonds. The predicted molar refractivity (Wildman–Crippen MR) is 43.7 cm³/mol. The molecule has 0 radical (unpaired) electrons. The molecule has 1 heterocycles. The molecular weight excluding hydrogens is 182 g/mol. The van der Waals surface area contributed by atoms with Crippen molar-refractivity contribution >= 4 is 18.0 Å². The van der Waals surface area contributed by atoms with Crippen LogP contribution in [0.4, 0.5) is 0 Å². The highest BCUT2D eigenvalue weighted by Gasteiger charge is 2.40. The number of carbonyl (C=O) groups excluding carboxylic acids is 1. The molecule has 0 aromatic heterocycles. The van der Waals surface area contributed by atoms with Crippen molar-refractivity contribution in [3.05, 3.63) is 10.1 Å². The minimum Gasteiger partial charge on any atom is -0.391 e. The van der Waals surface area contributed by atoms with E-state index < -0.39 is 23.0 Å². The number of rotatable bonds is 2. The Morgan fingerprint density at radius 1 is 1.58 bits per heavy atom. The molecule has 1 saturated heterocycles. The van der Waals surface area contributed by atoms with Gasteiger partial charge in [0, 0.05) is 10.7 Å². The third-order valence-corrected chi connectivity index (χ3v) is 3.05. The van der Waals surface area contributed by atoms with Crippen molar-refractivity contribution in [2.24, 2.45) is 5.92 Å². The van der Waals surface area contributed by atoms with Gasteiger partial charge in [-0.05, 0) is 0 Å². The Morgan fingerprint density at radius 2 is 2.25 bits per heavy atom. The normalized spacial score (nSPS) is 35.9. The third kappa shape index (κ3) is 1.75. The summed E-state index contributed by atoms with van der Waals surface area (Å²) in [6.45, 7) is 0. The first-order valence-corrected chi connectivity index (χ1v) is 4.67. The molecule has 0 spiro atoms. The number of aldehydes is 1. The van der Waals surface area contributed by atoms with E-state index in [0.29, 0.717) is 17.8 Å².